The zero-order valence-electron chi connectivity index (χ0n) is 24.1. The quantitative estimate of drug-likeness (QED) is 0.166. The molecule has 6 aromatic rings. The molecule has 2 aromatic heterocycles. The Bertz CT molecular complexity index is 2190. The van der Waals surface area contributed by atoms with Crippen LogP contribution in [0.3, 0.4) is 0 Å². The van der Waals surface area contributed by atoms with E-state index in [9.17, 15) is 14.4 Å². The second-order valence-corrected chi connectivity index (χ2v) is 11.8. The maximum atomic E-state index is 15.9. The normalized spacial score (nSPS) is 15.7. The Kier molecular flexibility index (Phi) is 6.55. The van der Waals surface area contributed by atoms with Crippen molar-refractivity contribution in [3.05, 3.63) is 80.5 Å². The fourth-order valence-corrected chi connectivity index (χ4v) is 6.42. The van der Waals surface area contributed by atoms with Crippen molar-refractivity contribution < 1.29 is 13.6 Å². The highest BCUT2D eigenvalue weighted by atomic mass is 19.1. The van der Waals surface area contributed by atoms with E-state index in [2.05, 4.69) is 10.2 Å². The standard InChI is InChI=1S/C33H32FN5O4/c1-37(2)11-6-5-10-36-33(42)24-17-39-26-14-21-19-7-3-4-8-20(19)30(40)22(21)15-27(26)43-32-28(39)23(31(24)41)13-25(34)29(32)38-12-9-18(35)16-38/h3-4,7-8,13-15,17-18H,5-6,9-12,16,35H2,1-2H3,(H,36,42)/t18-/m0/s1. The number of carbonyl (C=O) groups excluding carboxylic acids is 1. The van der Waals surface area contributed by atoms with Crippen molar-refractivity contribution in [2.45, 2.75) is 25.3 Å². The molecule has 0 unspecified atom stereocenters. The number of nitrogens with zero attached hydrogens (tertiary/aromatic N) is 3. The van der Waals surface area contributed by atoms with E-state index in [1.165, 1.54) is 12.3 Å². The second kappa shape index (κ2) is 10.3. The van der Waals surface area contributed by atoms with Gasteiger partial charge in [-0.2, -0.15) is 0 Å². The third-order valence-electron chi connectivity index (χ3n) is 8.55. The zero-order valence-corrected chi connectivity index (χ0v) is 24.1. The van der Waals surface area contributed by atoms with Gasteiger partial charge < -0.3 is 29.7 Å². The molecule has 7 rings (SSSR count). The van der Waals surface area contributed by atoms with Crippen LogP contribution in [0.5, 0.6) is 0 Å². The van der Waals surface area contributed by atoms with E-state index < -0.39 is 17.2 Å². The summed E-state index contributed by atoms with van der Waals surface area (Å²) in [6, 6.07) is 12.0. The first kappa shape index (κ1) is 27.3. The summed E-state index contributed by atoms with van der Waals surface area (Å²) in [4.78, 5) is 44.3. The van der Waals surface area contributed by atoms with Gasteiger partial charge in [-0.15, -0.1) is 0 Å². The van der Waals surface area contributed by atoms with E-state index in [0.717, 1.165) is 30.2 Å². The minimum absolute atomic E-state index is 0.0441. The molecule has 9 nitrogen and oxygen atoms in total. The summed E-state index contributed by atoms with van der Waals surface area (Å²) in [5.41, 5.74) is 7.03. The third-order valence-corrected chi connectivity index (χ3v) is 8.55. The number of hydrogen-bond acceptors (Lipinski definition) is 7. The molecular weight excluding hydrogens is 549 g/mol. The minimum atomic E-state index is -0.630. The lowest BCUT2D eigenvalue weighted by atomic mass is 10.1. The van der Waals surface area contributed by atoms with Crippen LogP contribution in [0.2, 0.25) is 0 Å². The summed E-state index contributed by atoms with van der Waals surface area (Å²) >= 11 is 0. The molecule has 4 aromatic carbocycles. The van der Waals surface area contributed by atoms with Crippen molar-refractivity contribution in [3.8, 4) is 0 Å². The van der Waals surface area contributed by atoms with Crippen molar-refractivity contribution in [1.29, 1.82) is 0 Å². The summed E-state index contributed by atoms with van der Waals surface area (Å²) in [7, 11) is 3.98. The summed E-state index contributed by atoms with van der Waals surface area (Å²) in [6.07, 6.45) is 3.84. The van der Waals surface area contributed by atoms with Crippen LogP contribution >= 0.6 is 0 Å². The number of carbonyl (C=O) groups is 1. The van der Waals surface area contributed by atoms with Gasteiger partial charge in [0.25, 0.3) is 5.91 Å². The number of anilines is 1. The number of benzene rings is 3. The van der Waals surface area contributed by atoms with E-state index in [1.54, 1.807) is 16.5 Å². The number of pyridine rings is 1. The summed E-state index contributed by atoms with van der Waals surface area (Å²) in [6.45, 7) is 2.26. The lowest BCUT2D eigenvalue weighted by Gasteiger charge is -2.22. The fraction of sp³-hybridized carbons (Fsp3) is 0.303. The van der Waals surface area contributed by atoms with Gasteiger partial charge in [0.05, 0.1) is 10.9 Å². The number of halogens is 1. The maximum absolute atomic E-state index is 15.9. The van der Waals surface area contributed by atoms with Crippen LogP contribution in [0.15, 0.2) is 62.7 Å². The van der Waals surface area contributed by atoms with E-state index in [-0.39, 0.29) is 33.7 Å². The number of unbranched alkanes of at least 4 members (excludes halogenated alkanes) is 1. The van der Waals surface area contributed by atoms with Gasteiger partial charge in [-0.1, -0.05) is 24.3 Å². The highest BCUT2D eigenvalue weighted by molar-refractivity contribution is 6.15. The number of nitrogens with two attached hydrogens (primary N) is 1. The molecule has 1 aliphatic rings. The molecular formula is C33H32FN5O4. The Balaban J connectivity index is 1.50. The average Bonchev–Trinajstić information content (AvgIpc) is 3.53. The molecule has 220 valence electrons. The Labute approximate surface area is 245 Å². The molecule has 0 spiro atoms. The van der Waals surface area contributed by atoms with Crippen molar-refractivity contribution >= 4 is 60.7 Å². The largest absolute Gasteiger partial charge is 0.451 e. The number of hydrogen-bond donors (Lipinski definition) is 2. The summed E-state index contributed by atoms with van der Waals surface area (Å²) < 4.78 is 24.1. The predicted octanol–water partition coefficient (Wildman–Crippen LogP) is 4.05. The smallest absolute Gasteiger partial charge is 0.256 e. The molecule has 0 radical (unpaired) electrons. The summed E-state index contributed by atoms with van der Waals surface area (Å²) in [5, 5.41) is 5.51. The molecule has 1 aliphatic heterocycles. The minimum Gasteiger partial charge on any atom is -0.451 e. The molecule has 3 heterocycles. The number of fused-ring (bicyclic) bond motifs is 5. The first-order chi connectivity index (χ1) is 20.7. The fourth-order valence-electron chi connectivity index (χ4n) is 6.42. The zero-order chi connectivity index (χ0) is 30.0. The molecule has 0 aliphatic carbocycles. The molecule has 3 N–H and O–H groups in total. The van der Waals surface area contributed by atoms with Crippen molar-refractivity contribution in [1.82, 2.24) is 14.6 Å². The monoisotopic (exact) mass is 581 g/mol. The molecule has 1 saturated heterocycles. The van der Waals surface area contributed by atoms with E-state index in [4.69, 9.17) is 10.2 Å². The van der Waals surface area contributed by atoms with Crippen molar-refractivity contribution in [3.63, 3.8) is 0 Å². The van der Waals surface area contributed by atoms with Crippen LogP contribution in [0, 0.1) is 5.82 Å². The molecule has 10 heteroatoms. The molecule has 1 fully saturated rings. The predicted molar refractivity (Wildman–Crippen MR) is 168 cm³/mol. The SMILES string of the molecule is CN(C)CCCCNC(=O)c1cn2c3cc4c(cc3oc3c(N5CC[C@H](N)C5)c(F)cc(c1=O)c32)c(=O)c1ccccc14. The Morgan fingerprint density at radius 2 is 1.84 bits per heavy atom. The highest BCUT2D eigenvalue weighted by Gasteiger charge is 2.29. The van der Waals surface area contributed by atoms with Gasteiger partial charge >= 0.3 is 0 Å². The van der Waals surface area contributed by atoms with Crippen LogP contribution < -0.4 is 26.8 Å². The van der Waals surface area contributed by atoms with Crippen molar-refractivity contribution in [2.75, 3.05) is 45.2 Å². The lowest BCUT2D eigenvalue weighted by Crippen LogP contribution is -2.31. The number of amides is 1. The van der Waals surface area contributed by atoms with Crippen LogP contribution in [0.25, 0.3) is 49.1 Å². The van der Waals surface area contributed by atoms with Gasteiger partial charge in [0.2, 0.25) is 5.43 Å². The Hall–Kier alpha value is -4.54. The molecule has 0 saturated carbocycles. The van der Waals surface area contributed by atoms with Gasteiger partial charge in [-0.05, 0) is 68.9 Å². The summed E-state index contributed by atoms with van der Waals surface area (Å²) in [5.74, 6) is -1.15. The second-order valence-electron chi connectivity index (χ2n) is 11.8. The van der Waals surface area contributed by atoms with Gasteiger partial charge in [0.1, 0.15) is 16.8 Å². The highest BCUT2D eigenvalue weighted by Crippen LogP contribution is 2.38. The van der Waals surface area contributed by atoms with E-state index >= 15 is 4.39 Å². The first-order valence-corrected chi connectivity index (χ1v) is 14.6. The Morgan fingerprint density at radius 1 is 1.05 bits per heavy atom. The number of rotatable bonds is 7. The van der Waals surface area contributed by atoms with Crippen LogP contribution in [0.4, 0.5) is 10.1 Å². The van der Waals surface area contributed by atoms with Gasteiger partial charge in [0, 0.05) is 42.6 Å². The van der Waals surface area contributed by atoms with Crippen LogP contribution in [-0.4, -0.2) is 61.5 Å². The van der Waals surface area contributed by atoms with E-state index in [1.807, 2.05) is 43.3 Å². The number of nitrogens with one attached hydrogen (secondary N) is 1. The molecule has 1 atom stereocenters. The van der Waals surface area contributed by atoms with Gasteiger partial charge in [-0.25, -0.2) is 4.39 Å². The Morgan fingerprint density at radius 3 is 2.58 bits per heavy atom. The van der Waals surface area contributed by atoms with Crippen LogP contribution in [-0.2, 0) is 0 Å². The molecule has 1 amide bonds. The van der Waals surface area contributed by atoms with E-state index in [0.29, 0.717) is 53.4 Å². The maximum Gasteiger partial charge on any atom is 0.256 e. The van der Waals surface area contributed by atoms with Crippen molar-refractivity contribution in [2.24, 2.45) is 5.73 Å². The van der Waals surface area contributed by atoms with Gasteiger partial charge in [0.15, 0.2) is 22.4 Å². The first-order valence-electron chi connectivity index (χ1n) is 14.6. The topological polar surface area (TPSA) is 113 Å². The lowest BCUT2D eigenvalue weighted by molar-refractivity contribution is 0.0951. The average molecular weight is 582 g/mol. The van der Waals surface area contributed by atoms with Gasteiger partial charge in [-0.3, -0.25) is 14.4 Å². The molecule has 0 bridgehead atoms. The third kappa shape index (κ3) is 4.40. The van der Waals surface area contributed by atoms with Crippen LogP contribution in [0.1, 0.15) is 29.6 Å². The number of aromatic nitrogens is 1. The molecule has 43 heavy (non-hydrogen) atoms.